The van der Waals surface area contributed by atoms with Crippen LogP contribution in [-0.2, 0) is 4.79 Å². The van der Waals surface area contributed by atoms with Gasteiger partial charge >= 0.3 is 0 Å². The van der Waals surface area contributed by atoms with Crippen molar-refractivity contribution in [2.45, 2.75) is 20.3 Å². The summed E-state index contributed by atoms with van der Waals surface area (Å²) in [6, 6.07) is 0. The van der Waals surface area contributed by atoms with Crippen LogP contribution in [0.25, 0.3) is 0 Å². The van der Waals surface area contributed by atoms with E-state index in [-0.39, 0.29) is 11.0 Å². The Bertz CT molecular complexity index is 152. The Morgan fingerprint density at radius 2 is 2.33 bits per heavy atom. The Balaban J connectivity index is 3.59. The van der Waals surface area contributed by atoms with Crippen LogP contribution in [0.3, 0.4) is 0 Å². The predicted molar refractivity (Wildman–Crippen MR) is 41.2 cm³/mol. The second-order valence-electron chi connectivity index (χ2n) is 1.87. The largest absolute Gasteiger partial charge is 0.287 e. The third-order valence-corrected chi connectivity index (χ3v) is 1.45. The SMILES string of the molecule is CC#CCC(C)C(=O)S. The lowest BCUT2D eigenvalue weighted by Gasteiger charge is -1.97. The molecule has 0 rings (SSSR count). The lowest BCUT2D eigenvalue weighted by Crippen LogP contribution is -2.01. The minimum absolute atomic E-state index is 0.0271. The Hall–Kier alpha value is -0.420. The lowest BCUT2D eigenvalue weighted by atomic mass is 10.1. The van der Waals surface area contributed by atoms with Crippen LogP contribution in [0.4, 0.5) is 0 Å². The van der Waals surface area contributed by atoms with Crippen LogP contribution in [0.2, 0.25) is 0 Å². The molecular formula is C7H10OS. The Labute approximate surface area is 61.2 Å². The highest BCUT2D eigenvalue weighted by Crippen LogP contribution is 2.03. The number of hydrogen-bond acceptors (Lipinski definition) is 1. The van der Waals surface area contributed by atoms with E-state index in [9.17, 15) is 4.79 Å². The molecule has 0 radical (unpaired) electrons. The van der Waals surface area contributed by atoms with Crippen molar-refractivity contribution >= 4 is 17.7 Å². The van der Waals surface area contributed by atoms with Crippen LogP contribution >= 0.6 is 12.6 Å². The van der Waals surface area contributed by atoms with Crippen LogP contribution in [0.15, 0.2) is 0 Å². The second-order valence-corrected chi connectivity index (χ2v) is 2.31. The van der Waals surface area contributed by atoms with E-state index in [0.717, 1.165) is 0 Å². The van der Waals surface area contributed by atoms with Crippen LogP contribution in [0.5, 0.6) is 0 Å². The van der Waals surface area contributed by atoms with Gasteiger partial charge in [-0.05, 0) is 6.92 Å². The third kappa shape index (κ3) is 4.11. The molecule has 0 bridgehead atoms. The van der Waals surface area contributed by atoms with Gasteiger partial charge in [0.25, 0.3) is 0 Å². The first-order chi connectivity index (χ1) is 4.18. The molecule has 2 heteroatoms. The van der Waals surface area contributed by atoms with Crippen molar-refractivity contribution < 1.29 is 4.79 Å². The fourth-order valence-electron chi connectivity index (χ4n) is 0.342. The summed E-state index contributed by atoms with van der Waals surface area (Å²) in [5, 5.41) is -0.0854. The molecule has 50 valence electrons. The molecule has 0 aromatic rings. The molecule has 0 N–H and O–H groups in total. The molecule has 0 aromatic heterocycles. The van der Waals surface area contributed by atoms with E-state index in [1.165, 1.54) is 0 Å². The summed E-state index contributed by atoms with van der Waals surface area (Å²) in [5.74, 6) is 5.50. The van der Waals surface area contributed by atoms with Gasteiger partial charge in [0.1, 0.15) is 0 Å². The maximum atomic E-state index is 10.4. The van der Waals surface area contributed by atoms with E-state index < -0.39 is 0 Å². The second kappa shape index (κ2) is 4.46. The Morgan fingerprint density at radius 3 is 2.67 bits per heavy atom. The van der Waals surface area contributed by atoms with Crippen molar-refractivity contribution in [3.8, 4) is 11.8 Å². The van der Waals surface area contributed by atoms with Gasteiger partial charge in [-0.1, -0.05) is 6.92 Å². The molecule has 0 spiro atoms. The highest BCUT2D eigenvalue weighted by atomic mass is 32.1. The zero-order valence-corrected chi connectivity index (χ0v) is 6.53. The highest BCUT2D eigenvalue weighted by molar-refractivity contribution is 7.96. The van der Waals surface area contributed by atoms with Crippen molar-refractivity contribution in [3.05, 3.63) is 0 Å². The average Bonchev–Trinajstić information content (AvgIpc) is 1.82. The number of hydrogen-bond donors (Lipinski definition) is 1. The smallest absolute Gasteiger partial charge is 0.189 e. The molecule has 0 saturated heterocycles. The zero-order valence-electron chi connectivity index (χ0n) is 5.64. The number of rotatable bonds is 2. The molecule has 0 saturated carbocycles. The van der Waals surface area contributed by atoms with Crippen molar-refractivity contribution in [1.29, 1.82) is 0 Å². The van der Waals surface area contributed by atoms with Gasteiger partial charge in [-0.15, -0.1) is 24.5 Å². The summed E-state index contributed by atoms with van der Waals surface area (Å²) >= 11 is 3.66. The van der Waals surface area contributed by atoms with Gasteiger partial charge in [0, 0.05) is 12.3 Å². The molecule has 1 unspecified atom stereocenters. The van der Waals surface area contributed by atoms with Gasteiger partial charge in [0.15, 0.2) is 5.12 Å². The van der Waals surface area contributed by atoms with E-state index >= 15 is 0 Å². The molecule has 9 heavy (non-hydrogen) atoms. The molecular weight excluding hydrogens is 132 g/mol. The first-order valence-electron chi connectivity index (χ1n) is 2.81. The minimum Gasteiger partial charge on any atom is -0.287 e. The number of carbonyl (C=O) groups excluding carboxylic acids is 1. The van der Waals surface area contributed by atoms with Crippen molar-refractivity contribution in [1.82, 2.24) is 0 Å². The van der Waals surface area contributed by atoms with Crippen molar-refractivity contribution in [3.63, 3.8) is 0 Å². The first-order valence-corrected chi connectivity index (χ1v) is 3.25. The maximum Gasteiger partial charge on any atom is 0.189 e. The van der Waals surface area contributed by atoms with E-state index in [1.54, 1.807) is 6.92 Å². The molecule has 0 aliphatic rings. The molecule has 0 aliphatic carbocycles. The topological polar surface area (TPSA) is 17.1 Å². The van der Waals surface area contributed by atoms with E-state index in [2.05, 4.69) is 24.5 Å². The van der Waals surface area contributed by atoms with Gasteiger partial charge < -0.3 is 0 Å². The summed E-state index contributed by atoms with van der Waals surface area (Å²) in [5.41, 5.74) is 0. The summed E-state index contributed by atoms with van der Waals surface area (Å²) in [6.07, 6.45) is 0.624. The molecule has 0 amide bonds. The quantitative estimate of drug-likeness (QED) is 0.456. The van der Waals surface area contributed by atoms with Gasteiger partial charge in [0.05, 0.1) is 0 Å². The zero-order chi connectivity index (χ0) is 7.28. The lowest BCUT2D eigenvalue weighted by molar-refractivity contribution is -0.113. The van der Waals surface area contributed by atoms with E-state index in [4.69, 9.17) is 0 Å². The molecule has 0 heterocycles. The highest BCUT2D eigenvalue weighted by Gasteiger charge is 2.04. The molecule has 0 aliphatic heterocycles. The number of carbonyl (C=O) groups is 1. The standard InChI is InChI=1S/C7H10OS/c1-3-4-5-6(2)7(8)9/h6H,5H2,1-2H3,(H,8,9). The summed E-state index contributed by atoms with van der Waals surface area (Å²) in [6.45, 7) is 3.58. The fraction of sp³-hybridized carbons (Fsp3) is 0.571. The van der Waals surface area contributed by atoms with Gasteiger partial charge in [-0.3, -0.25) is 4.79 Å². The molecule has 0 fully saturated rings. The molecule has 1 nitrogen and oxygen atoms in total. The summed E-state index contributed by atoms with van der Waals surface area (Å²) in [7, 11) is 0. The van der Waals surface area contributed by atoms with Gasteiger partial charge in [-0.25, -0.2) is 0 Å². The van der Waals surface area contributed by atoms with Gasteiger partial charge in [0.2, 0.25) is 0 Å². The van der Waals surface area contributed by atoms with Crippen molar-refractivity contribution in [2.75, 3.05) is 0 Å². The maximum absolute atomic E-state index is 10.4. The van der Waals surface area contributed by atoms with Crippen LogP contribution in [0.1, 0.15) is 20.3 Å². The van der Waals surface area contributed by atoms with Gasteiger partial charge in [-0.2, -0.15) is 0 Å². The normalized spacial score (nSPS) is 11.4. The monoisotopic (exact) mass is 142 g/mol. The third-order valence-electron chi connectivity index (χ3n) is 1.01. The van der Waals surface area contributed by atoms with Crippen LogP contribution in [0, 0.1) is 17.8 Å². The molecule has 0 aromatic carbocycles. The predicted octanol–water partition coefficient (Wildman–Crippen LogP) is 1.49. The minimum atomic E-state index is -0.0854. The van der Waals surface area contributed by atoms with Crippen molar-refractivity contribution in [2.24, 2.45) is 5.92 Å². The summed E-state index contributed by atoms with van der Waals surface area (Å²) < 4.78 is 0. The Morgan fingerprint density at radius 1 is 1.78 bits per heavy atom. The average molecular weight is 142 g/mol. The number of thiol groups is 1. The van der Waals surface area contributed by atoms with E-state index in [0.29, 0.717) is 6.42 Å². The fourth-order valence-corrected chi connectivity index (χ4v) is 0.434. The summed E-state index contributed by atoms with van der Waals surface area (Å²) in [4.78, 5) is 10.4. The first kappa shape index (κ1) is 8.58. The van der Waals surface area contributed by atoms with E-state index in [1.807, 2.05) is 6.92 Å². The Kier molecular flexibility index (Phi) is 4.25. The molecule has 1 atom stereocenters. The van der Waals surface area contributed by atoms with Crippen LogP contribution in [-0.4, -0.2) is 5.12 Å². The van der Waals surface area contributed by atoms with Crippen LogP contribution < -0.4 is 0 Å².